The Morgan fingerprint density at radius 1 is 1.07 bits per heavy atom. The zero-order chi connectivity index (χ0) is 21.0. The van der Waals surface area contributed by atoms with Gasteiger partial charge in [-0.25, -0.2) is 8.42 Å². The highest BCUT2D eigenvalue weighted by atomic mass is 32.2. The number of aryl methyl sites for hydroxylation is 1. The molecule has 156 valence electrons. The number of nitrogens with zero attached hydrogens (tertiary/aromatic N) is 1. The Kier molecular flexibility index (Phi) is 6.32. The Morgan fingerprint density at radius 3 is 2.48 bits per heavy atom. The standard InChI is InChI=1S/C21H26N2O5S/c1-4-27-20-11-10-18(14-21(20)28-5-2)29(25,26)22-17-9-8-16-7-6-12-23(15(3)24)19(16)13-17/h8-11,13-14,22H,4-7,12H2,1-3H3. The van der Waals surface area contributed by atoms with Gasteiger partial charge in [-0.05, 0) is 56.5 Å². The van der Waals surface area contributed by atoms with E-state index in [-0.39, 0.29) is 10.8 Å². The number of rotatable bonds is 7. The minimum atomic E-state index is -3.84. The van der Waals surface area contributed by atoms with Crippen molar-refractivity contribution in [1.29, 1.82) is 0 Å². The number of hydrogen-bond donors (Lipinski definition) is 1. The molecule has 8 heteroatoms. The van der Waals surface area contributed by atoms with E-state index in [1.54, 1.807) is 23.1 Å². The highest BCUT2D eigenvalue weighted by Crippen LogP contribution is 2.33. The molecule has 1 aliphatic rings. The van der Waals surface area contributed by atoms with Crippen LogP contribution in [-0.2, 0) is 21.2 Å². The lowest BCUT2D eigenvalue weighted by Crippen LogP contribution is -2.33. The van der Waals surface area contributed by atoms with Gasteiger partial charge in [-0.2, -0.15) is 0 Å². The van der Waals surface area contributed by atoms with E-state index in [9.17, 15) is 13.2 Å². The van der Waals surface area contributed by atoms with Crippen molar-refractivity contribution in [2.24, 2.45) is 0 Å². The molecule has 3 rings (SSSR count). The maximum Gasteiger partial charge on any atom is 0.262 e. The van der Waals surface area contributed by atoms with E-state index in [2.05, 4.69) is 4.72 Å². The first-order valence-electron chi connectivity index (χ1n) is 9.69. The second kappa shape index (κ2) is 8.73. The monoisotopic (exact) mass is 418 g/mol. The lowest BCUT2D eigenvalue weighted by atomic mass is 10.0. The molecule has 0 saturated heterocycles. The third-order valence-corrected chi connectivity index (χ3v) is 6.04. The highest BCUT2D eigenvalue weighted by molar-refractivity contribution is 7.92. The predicted octanol–water partition coefficient (Wildman–Crippen LogP) is 3.58. The number of benzene rings is 2. The van der Waals surface area contributed by atoms with Gasteiger partial charge in [0.1, 0.15) is 0 Å². The molecule has 29 heavy (non-hydrogen) atoms. The fourth-order valence-electron chi connectivity index (χ4n) is 3.38. The quantitative estimate of drug-likeness (QED) is 0.743. The molecule has 1 heterocycles. The fraction of sp³-hybridized carbons (Fsp3) is 0.381. The number of hydrogen-bond acceptors (Lipinski definition) is 5. The Balaban J connectivity index is 1.91. The normalized spacial score (nSPS) is 13.6. The molecule has 2 aromatic rings. The summed E-state index contributed by atoms with van der Waals surface area (Å²) in [7, 11) is -3.84. The Morgan fingerprint density at radius 2 is 1.79 bits per heavy atom. The van der Waals surface area contributed by atoms with Crippen molar-refractivity contribution < 1.29 is 22.7 Å². The van der Waals surface area contributed by atoms with Gasteiger partial charge in [0.25, 0.3) is 10.0 Å². The van der Waals surface area contributed by atoms with Gasteiger partial charge in [-0.15, -0.1) is 0 Å². The molecule has 0 radical (unpaired) electrons. The SMILES string of the molecule is CCOc1ccc(S(=O)(=O)Nc2ccc3c(c2)N(C(C)=O)CCC3)cc1OCC. The molecule has 1 N–H and O–H groups in total. The maximum atomic E-state index is 12.9. The van der Waals surface area contributed by atoms with E-state index in [1.807, 2.05) is 19.9 Å². The van der Waals surface area contributed by atoms with Crippen LogP contribution >= 0.6 is 0 Å². The van der Waals surface area contributed by atoms with Crippen molar-refractivity contribution in [2.75, 3.05) is 29.4 Å². The summed E-state index contributed by atoms with van der Waals surface area (Å²) in [6, 6.07) is 9.83. The minimum absolute atomic E-state index is 0.0566. The summed E-state index contributed by atoms with van der Waals surface area (Å²) in [5.74, 6) is 0.823. The molecule has 0 atom stereocenters. The number of carbonyl (C=O) groups excluding carboxylic acids is 1. The van der Waals surface area contributed by atoms with Gasteiger partial charge in [-0.1, -0.05) is 6.07 Å². The smallest absolute Gasteiger partial charge is 0.262 e. The fourth-order valence-corrected chi connectivity index (χ4v) is 4.44. The number of carbonyl (C=O) groups is 1. The first-order valence-corrected chi connectivity index (χ1v) is 11.2. The third-order valence-electron chi connectivity index (χ3n) is 4.66. The van der Waals surface area contributed by atoms with Gasteiger partial charge in [0, 0.05) is 25.2 Å². The van der Waals surface area contributed by atoms with Gasteiger partial charge < -0.3 is 14.4 Å². The van der Waals surface area contributed by atoms with Crippen LogP contribution in [0.4, 0.5) is 11.4 Å². The van der Waals surface area contributed by atoms with Gasteiger partial charge >= 0.3 is 0 Å². The van der Waals surface area contributed by atoms with Crippen LogP contribution in [0.5, 0.6) is 11.5 Å². The molecule has 1 aliphatic heterocycles. The van der Waals surface area contributed by atoms with E-state index < -0.39 is 10.0 Å². The van der Waals surface area contributed by atoms with E-state index in [0.29, 0.717) is 36.9 Å². The zero-order valence-electron chi connectivity index (χ0n) is 16.9. The summed E-state index contributed by atoms with van der Waals surface area (Å²) < 4.78 is 39.5. The summed E-state index contributed by atoms with van der Waals surface area (Å²) in [6.07, 6.45) is 1.76. The molecule has 7 nitrogen and oxygen atoms in total. The topological polar surface area (TPSA) is 84.9 Å². The molecule has 0 spiro atoms. The molecular formula is C21H26N2O5S. The number of anilines is 2. The van der Waals surface area contributed by atoms with Crippen LogP contribution in [0.3, 0.4) is 0 Å². The lowest BCUT2D eigenvalue weighted by molar-refractivity contribution is -0.116. The number of amides is 1. The number of fused-ring (bicyclic) bond motifs is 1. The Hall–Kier alpha value is -2.74. The predicted molar refractivity (Wildman–Crippen MR) is 112 cm³/mol. The molecule has 0 bridgehead atoms. The van der Waals surface area contributed by atoms with Crippen molar-refractivity contribution in [1.82, 2.24) is 0 Å². The van der Waals surface area contributed by atoms with Crippen molar-refractivity contribution in [3.63, 3.8) is 0 Å². The maximum absolute atomic E-state index is 12.9. The summed E-state index contributed by atoms with van der Waals surface area (Å²) in [4.78, 5) is 13.7. The first kappa shape index (κ1) is 21.0. The van der Waals surface area contributed by atoms with Crippen molar-refractivity contribution >= 4 is 27.3 Å². The van der Waals surface area contributed by atoms with Crippen LogP contribution in [0.2, 0.25) is 0 Å². The molecule has 2 aromatic carbocycles. The molecule has 0 fully saturated rings. The van der Waals surface area contributed by atoms with Crippen LogP contribution in [0.25, 0.3) is 0 Å². The average molecular weight is 419 g/mol. The number of sulfonamides is 1. The molecule has 0 saturated carbocycles. The van der Waals surface area contributed by atoms with Gasteiger partial charge in [0.05, 0.1) is 23.8 Å². The largest absolute Gasteiger partial charge is 0.490 e. The van der Waals surface area contributed by atoms with Crippen molar-refractivity contribution in [3.05, 3.63) is 42.0 Å². The summed E-state index contributed by atoms with van der Waals surface area (Å²) in [6.45, 7) is 6.66. The summed E-state index contributed by atoms with van der Waals surface area (Å²) in [5, 5.41) is 0. The second-order valence-corrected chi connectivity index (χ2v) is 8.38. The van der Waals surface area contributed by atoms with Crippen LogP contribution in [0.15, 0.2) is 41.3 Å². The summed E-state index contributed by atoms with van der Waals surface area (Å²) in [5.41, 5.74) is 2.20. The molecule has 0 aromatic heterocycles. The van der Waals surface area contributed by atoms with E-state index in [4.69, 9.17) is 9.47 Å². The number of ether oxygens (including phenoxy) is 2. The average Bonchev–Trinajstić information content (AvgIpc) is 2.68. The molecular weight excluding hydrogens is 392 g/mol. The van der Waals surface area contributed by atoms with E-state index in [1.165, 1.54) is 19.1 Å². The second-order valence-electron chi connectivity index (χ2n) is 6.70. The van der Waals surface area contributed by atoms with E-state index >= 15 is 0 Å². The van der Waals surface area contributed by atoms with E-state index in [0.717, 1.165) is 24.1 Å². The van der Waals surface area contributed by atoms with Gasteiger partial charge in [0.15, 0.2) is 11.5 Å². The Bertz CT molecular complexity index is 1000. The molecule has 1 amide bonds. The van der Waals surface area contributed by atoms with Gasteiger partial charge in [0.2, 0.25) is 5.91 Å². The third kappa shape index (κ3) is 4.64. The van der Waals surface area contributed by atoms with Crippen molar-refractivity contribution in [3.8, 4) is 11.5 Å². The zero-order valence-corrected chi connectivity index (χ0v) is 17.7. The van der Waals surface area contributed by atoms with Gasteiger partial charge in [-0.3, -0.25) is 9.52 Å². The molecule has 0 unspecified atom stereocenters. The summed E-state index contributed by atoms with van der Waals surface area (Å²) >= 11 is 0. The molecule has 0 aliphatic carbocycles. The first-order chi connectivity index (χ1) is 13.9. The van der Waals surface area contributed by atoms with Crippen LogP contribution in [0.1, 0.15) is 32.8 Å². The highest BCUT2D eigenvalue weighted by Gasteiger charge is 2.22. The van der Waals surface area contributed by atoms with Crippen molar-refractivity contribution in [2.45, 2.75) is 38.5 Å². The van der Waals surface area contributed by atoms with Crippen LogP contribution in [-0.4, -0.2) is 34.1 Å². The Labute approximate surface area is 171 Å². The number of nitrogens with one attached hydrogen (secondary N) is 1. The van der Waals surface area contributed by atoms with Crippen LogP contribution < -0.4 is 19.1 Å². The minimum Gasteiger partial charge on any atom is -0.490 e. The lowest BCUT2D eigenvalue weighted by Gasteiger charge is -2.29. The van der Waals surface area contributed by atoms with Crippen LogP contribution in [0, 0.1) is 0 Å².